The van der Waals surface area contributed by atoms with Crippen molar-refractivity contribution in [2.24, 2.45) is 0 Å². The third kappa shape index (κ3) is 3.38. The third-order valence-corrected chi connectivity index (χ3v) is 3.71. The summed E-state index contributed by atoms with van der Waals surface area (Å²) in [6.07, 6.45) is 0. The number of aryl methyl sites for hydroxylation is 1. The summed E-state index contributed by atoms with van der Waals surface area (Å²) in [5.74, 6) is 0.430. The molecule has 92 valence electrons. The summed E-state index contributed by atoms with van der Waals surface area (Å²) in [6.45, 7) is 3.48. The normalized spacial score (nSPS) is 15.4. The van der Waals surface area contributed by atoms with Crippen molar-refractivity contribution in [3.8, 4) is 0 Å². The average Bonchev–Trinajstić information content (AvgIpc) is 2.20. The van der Waals surface area contributed by atoms with Gasteiger partial charge in [-0.05, 0) is 24.6 Å². The number of carbonyl (C=O) groups excluding carboxylic acids is 1. The quantitative estimate of drug-likeness (QED) is 0.800. The molecule has 0 radical (unpaired) electrons. The van der Waals surface area contributed by atoms with E-state index in [-0.39, 0.29) is 5.91 Å². The summed E-state index contributed by atoms with van der Waals surface area (Å²) in [5.41, 5.74) is 8.20. The van der Waals surface area contributed by atoms with Crippen molar-refractivity contribution >= 4 is 29.0 Å². The number of hydrogen-bond acceptors (Lipinski definition) is 4. The number of nitrogen functional groups attached to an aromatic ring is 1. The molecule has 0 aromatic heterocycles. The summed E-state index contributed by atoms with van der Waals surface area (Å²) in [6, 6.07) is 5.61. The Balaban J connectivity index is 1.84. The second-order valence-corrected chi connectivity index (χ2v) is 5.40. The van der Waals surface area contributed by atoms with Crippen molar-refractivity contribution in [2.75, 3.05) is 30.0 Å². The maximum absolute atomic E-state index is 11.7. The van der Waals surface area contributed by atoms with Gasteiger partial charge in [0.1, 0.15) is 0 Å². The smallest absolute Gasteiger partial charge is 0.234 e. The fourth-order valence-corrected chi connectivity index (χ4v) is 2.33. The van der Waals surface area contributed by atoms with Crippen molar-refractivity contribution in [3.05, 3.63) is 23.8 Å². The first-order valence-corrected chi connectivity index (χ1v) is 6.55. The van der Waals surface area contributed by atoms with Gasteiger partial charge in [0.05, 0.1) is 35.6 Å². The lowest BCUT2D eigenvalue weighted by Crippen LogP contribution is -2.32. The topological polar surface area (TPSA) is 64.3 Å². The predicted octanol–water partition coefficient (Wildman–Crippen LogP) is 1.65. The van der Waals surface area contributed by atoms with Crippen LogP contribution in [0.5, 0.6) is 0 Å². The minimum atomic E-state index is -0.0162. The predicted molar refractivity (Wildman–Crippen MR) is 71.3 cm³/mol. The van der Waals surface area contributed by atoms with Crippen LogP contribution < -0.4 is 11.1 Å². The number of anilines is 2. The molecule has 1 aliphatic heterocycles. The van der Waals surface area contributed by atoms with E-state index in [1.807, 2.05) is 25.1 Å². The number of nitrogens with one attached hydrogen (secondary N) is 1. The summed E-state index contributed by atoms with van der Waals surface area (Å²) in [4.78, 5) is 11.7. The molecule has 0 aliphatic carbocycles. The zero-order chi connectivity index (χ0) is 12.3. The molecule has 1 aromatic rings. The molecule has 1 amide bonds. The zero-order valence-electron chi connectivity index (χ0n) is 9.73. The molecule has 3 N–H and O–H groups in total. The molecule has 0 spiro atoms. The summed E-state index contributed by atoms with van der Waals surface area (Å²) >= 11 is 1.62. The van der Waals surface area contributed by atoms with Gasteiger partial charge in [-0.25, -0.2) is 0 Å². The number of hydrogen-bond donors (Lipinski definition) is 2. The van der Waals surface area contributed by atoms with E-state index >= 15 is 0 Å². The van der Waals surface area contributed by atoms with E-state index in [1.165, 1.54) is 0 Å². The number of rotatable bonds is 4. The van der Waals surface area contributed by atoms with E-state index in [2.05, 4.69) is 5.32 Å². The van der Waals surface area contributed by atoms with Crippen LogP contribution in [0, 0.1) is 6.92 Å². The van der Waals surface area contributed by atoms with Crippen LogP contribution in [0.4, 0.5) is 11.4 Å². The van der Waals surface area contributed by atoms with Crippen LogP contribution in [-0.2, 0) is 9.53 Å². The molecular weight excluding hydrogens is 236 g/mol. The van der Waals surface area contributed by atoms with E-state index < -0.39 is 0 Å². The van der Waals surface area contributed by atoms with Crippen molar-refractivity contribution in [1.29, 1.82) is 0 Å². The lowest BCUT2D eigenvalue weighted by Gasteiger charge is -2.24. The molecule has 1 aromatic carbocycles. The number of carbonyl (C=O) groups is 1. The Labute approximate surface area is 105 Å². The number of nitrogens with two attached hydrogens (primary N) is 1. The number of benzene rings is 1. The van der Waals surface area contributed by atoms with Crippen LogP contribution >= 0.6 is 11.8 Å². The largest absolute Gasteiger partial charge is 0.397 e. The summed E-state index contributed by atoms with van der Waals surface area (Å²) in [7, 11) is 0. The Morgan fingerprint density at radius 2 is 2.35 bits per heavy atom. The Hall–Kier alpha value is -1.20. The van der Waals surface area contributed by atoms with Crippen LogP contribution in [0.2, 0.25) is 0 Å². The highest BCUT2D eigenvalue weighted by Gasteiger charge is 2.19. The maximum atomic E-state index is 11.7. The fourth-order valence-electron chi connectivity index (χ4n) is 1.49. The van der Waals surface area contributed by atoms with Crippen LogP contribution in [0.25, 0.3) is 0 Å². The zero-order valence-corrected chi connectivity index (χ0v) is 10.5. The van der Waals surface area contributed by atoms with Crippen LogP contribution in [0.3, 0.4) is 0 Å². The number of thioether (sulfide) groups is 1. The van der Waals surface area contributed by atoms with Crippen molar-refractivity contribution < 1.29 is 9.53 Å². The summed E-state index contributed by atoms with van der Waals surface area (Å²) in [5, 5.41) is 3.28. The first kappa shape index (κ1) is 12.3. The molecule has 0 saturated carbocycles. The van der Waals surface area contributed by atoms with Gasteiger partial charge >= 0.3 is 0 Å². The van der Waals surface area contributed by atoms with E-state index in [0.29, 0.717) is 22.4 Å². The first-order chi connectivity index (χ1) is 8.15. The van der Waals surface area contributed by atoms with Gasteiger partial charge in [0.2, 0.25) is 5.91 Å². The molecule has 0 unspecified atom stereocenters. The molecule has 0 atom stereocenters. The van der Waals surface area contributed by atoms with Crippen molar-refractivity contribution in [2.45, 2.75) is 12.2 Å². The standard InChI is InChI=1S/C12H16N2O2S/c1-8-2-3-11(10(13)4-8)14-12(15)7-17-9-5-16-6-9/h2-4,9H,5-7,13H2,1H3,(H,14,15). The Kier molecular flexibility index (Phi) is 3.91. The second-order valence-electron chi connectivity index (χ2n) is 4.11. The highest BCUT2D eigenvalue weighted by Crippen LogP contribution is 2.21. The average molecular weight is 252 g/mol. The lowest BCUT2D eigenvalue weighted by atomic mass is 10.2. The van der Waals surface area contributed by atoms with Gasteiger partial charge in [-0.1, -0.05) is 6.07 Å². The minimum absolute atomic E-state index is 0.0162. The second kappa shape index (κ2) is 5.42. The van der Waals surface area contributed by atoms with Gasteiger partial charge < -0.3 is 15.8 Å². The fraction of sp³-hybridized carbons (Fsp3) is 0.417. The molecule has 17 heavy (non-hydrogen) atoms. The molecule has 1 saturated heterocycles. The minimum Gasteiger partial charge on any atom is -0.397 e. The highest BCUT2D eigenvalue weighted by atomic mass is 32.2. The maximum Gasteiger partial charge on any atom is 0.234 e. The molecule has 1 aliphatic rings. The van der Waals surface area contributed by atoms with Gasteiger partial charge in [0.15, 0.2) is 0 Å². The monoisotopic (exact) mass is 252 g/mol. The van der Waals surface area contributed by atoms with Gasteiger partial charge in [-0.3, -0.25) is 4.79 Å². The highest BCUT2D eigenvalue weighted by molar-refractivity contribution is 8.00. The van der Waals surface area contributed by atoms with E-state index in [0.717, 1.165) is 18.8 Å². The molecule has 5 heteroatoms. The Morgan fingerprint density at radius 1 is 1.59 bits per heavy atom. The lowest BCUT2D eigenvalue weighted by molar-refractivity contribution is -0.113. The molecule has 4 nitrogen and oxygen atoms in total. The van der Waals surface area contributed by atoms with Crippen molar-refractivity contribution in [1.82, 2.24) is 0 Å². The van der Waals surface area contributed by atoms with E-state index in [1.54, 1.807) is 11.8 Å². The Morgan fingerprint density at radius 3 is 2.94 bits per heavy atom. The third-order valence-electron chi connectivity index (χ3n) is 2.54. The van der Waals surface area contributed by atoms with Crippen LogP contribution in [0.1, 0.15) is 5.56 Å². The number of ether oxygens (including phenoxy) is 1. The van der Waals surface area contributed by atoms with Gasteiger partial charge in [-0.15, -0.1) is 11.8 Å². The molecular formula is C12H16N2O2S. The van der Waals surface area contributed by atoms with E-state index in [9.17, 15) is 4.79 Å². The Bertz CT molecular complexity index is 419. The first-order valence-electron chi connectivity index (χ1n) is 5.50. The van der Waals surface area contributed by atoms with Gasteiger partial charge in [0.25, 0.3) is 0 Å². The van der Waals surface area contributed by atoms with E-state index in [4.69, 9.17) is 10.5 Å². The van der Waals surface area contributed by atoms with Crippen LogP contribution in [-0.4, -0.2) is 30.1 Å². The molecule has 1 heterocycles. The SMILES string of the molecule is Cc1ccc(NC(=O)CSC2COC2)c(N)c1. The molecule has 2 rings (SSSR count). The summed E-state index contributed by atoms with van der Waals surface area (Å²) < 4.78 is 5.05. The molecule has 1 fully saturated rings. The van der Waals surface area contributed by atoms with Crippen LogP contribution in [0.15, 0.2) is 18.2 Å². The van der Waals surface area contributed by atoms with Gasteiger partial charge in [-0.2, -0.15) is 0 Å². The van der Waals surface area contributed by atoms with Crippen molar-refractivity contribution in [3.63, 3.8) is 0 Å². The molecule has 0 bridgehead atoms. The number of amides is 1. The van der Waals surface area contributed by atoms with Gasteiger partial charge in [0, 0.05) is 0 Å².